The van der Waals surface area contributed by atoms with Crippen molar-refractivity contribution in [2.75, 3.05) is 13.6 Å². The topological polar surface area (TPSA) is 66.5 Å². The third kappa shape index (κ3) is 4.47. The monoisotopic (exact) mass is 468 g/mol. The van der Waals surface area contributed by atoms with E-state index in [1.807, 2.05) is 37.3 Å². The summed E-state index contributed by atoms with van der Waals surface area (Å²) in [5, 5.41) is 3.11. The first-order chi connectivity index (χ1) is 15.5. The first-order valence-electron chi connectivity index (χ1n) is 11.9. The molecule has 1 amide bonds. The van der Waals surface area contributed by atoms with E-state index < -0.39 is 10.0 Å². The van der Waals surface area contributed by atoms with Crippen molar-refractivity contribution in [2.45, 2.75) is 58.4 Å². The fourth-order valence-electron chi connectivity index (χ4n) is 5.85. The summed E-state index contributed by atoms with van der Waals surface area (Å²) < 4.78 is 28.2. The largest absolute Gasteiger partial charge is 0.352 e. The smallest absolute Gasteiger partial charge is 0.251 e. The standard InChI is InChI=1S/C27H36N2O3S/c1-18-13-22(26(30)28-16-21-11-12-23-15-24(21)27(23,3)4)14-25(19(18)2)33(31,32)29(5)17-20-9-7-6-8-10-20/h6-10,13-14,21,23-24H,11-12,15-17H2,1-5H3,(H,28,30)/t21?,23-,24+/m1/s1. The molecule has 2 aromatic rings. The highest BCUT2D eigenvalue weighted by molar-refractivity contribution is 7.89. The highest BCUT2D eigenvalue weighted by Gasteiger charge is 2.53. The molecule has 0 aliphatic heterocycles. The van der Waals surface area contributed by atoms with Crippen molar-refractivity contribution in [3.63, 3.8) is 0 Å². The van der Waals surface area contributed by atoms with E-state index in [1.165, 1.54) is 17.1 Å². The number of sulfonamides is 1. The zero-order valence-electron chi connectivity index (χ0n) is 20.4. The second-order valence-electron chi connectivity index (χ2n) is 10.6. The Kier molecular flexibility index (Phi) is 6.45. The summed E-state index contributed by atoms with van der Waals surface area (Å²) in [5.41, 5.74) is 3.18. The number of carbonyl (C=O) groups excluding carboxylic acids is 1. The fourth-order valence-corrected chi connectivity index (χ4v) is 7.33. The van der Waals surface area contributed by atoms with E-state index in [2.05, 4.69) is 19.2 Å². The minimum Gasteiger partial charge on any atom is -0.352 e. The summed E-state index contributed by atoms with van der Waals surface area (Å²) in [6, 6.07) is 12.9. The number of rotatable bonds is 7. The van der Waals surface area contributed by atoms with Crippen molar-refractivity contribution in [1.29, 1.82) is 0 Å². The van der Waals surface area contributed by atoms with Crippen LogP contribution in [0.4, 0.5) is 0 Å². The number of hydrogen-bond acceptors (Lipinski definition) is 3. The molecule has 2 aromatic carbocycles. The van der Waals surface area contributed by atoms with Gasteiger partial charge in [-0.1, -0.05) is 44.2 Å². The van der Waals surface area contributed by atoms with Crippen molar-refractivity contribution in [1.82, 2.24) is 9.62 Å². The summed E-state index contributed by atoms with van der Waals surface area (Å²) in [4.78, 5) is 13.3. The molecule has 5 rings (SSSR count). The van der Waals surface area contributed by atoms with Gasteiger partial charge in [0.15, 0.2) is 0 Å². The second kappa shape index (κ2) is 8.88. The maximum Gasteiger partial charge on any atom is 0.251 e. The first kappa shape index (κ1) is 24.0. The normalized spacial score (nSPS) is 23.8. The van der Waals surface area contributed by atoms with Gasteiger partial charge in [-0.3, -0.25) is 4.79 Å². The lowest BCUT2D eigenvalue weighted by Crippen LogP contribution is -2.54. The van der Waals surface area contributed by atoms with Crippen LogP contribution in [0.5, 0.6) is 0 Å². The molecule has 0 spiro atoms. The minimum absolute atomic E-state index is 0.195. The van der Waals surface area contributed by atoms with E-state index in [9.17, 15) is 13.2 Å². The number of nitrogens with one attached hydrogen (secondary N) is 1. The Bertz CT molecular complexity index is 1140. The lowest BCUT2D eigenvalue weighted by atomic mass is 9.45. The van der Waals surface area contributed by atoms with Gasteiger partial charge in [-0.05, 0) is 85.1 Å². The van der Waals surface area contributed by atoms with E-state index in [0.717, 1.165) is 23.5 Å². The van der Waals surface area contributed by atoms with Gasteiger partial charge in [0.05, 0.1) is 4.90 Å². The number of hydrogen-bond donors (Lipinski definition) is 1. The van der Waals surface area contributed by atoms with Gasteiger partial charge in [-0.25, -0.2) is 8.42 Å². The van der Waals surface area contributed by atoms with Crippen LogP contribution in [0.2, 0.25) is 0 Å². The van der Waals surface area contributed by atoms with Crippen LogP contribution >= 0.6 is 0 Å². The number of nitrogens with zero attached hydrogens (tertiary/aromatic N) is 1. The zero-order chi connectivity index (χ0) is 24.0. The van der Waals surface area contributed by atoms with Crippen LogP contribution in [-0.4, -0.2) is 32.2 Å². The molecular weight excluding hydrogens is 432 g/mol. The van der Waals surface area contributed by atoms with Crippen molar-refractivity contribution in [3.8, 4) is 0 Å². The van der Waals surface area contributed by atoms with Crippen LogP contribution in [0.1, 0.15) is 60.2 Å². The Labute approximate surface area is 198 Å². The van der Waals surface area contributed by atoms with Gasteiger partial charge in [0.25, 0.3) is 5.91 Å². The molecule has 3 aliphatic carbocycles. The lowest BCUT2D eigenvalue weighted by Gasteiger charge is -2.60. The van der Waals surface area contributed by atoms with Crippen LogP contribution in [0.3, 0.4) is 0 Å². The van der Waals surface area contributed by atoms with Crippen LogP contribution in [0.15, 0.2) is 47.4 Å². The Morgan fingerprint density at radius 1 is 1.12 bits per heavy atom. The fraction of sp³-hybridized carbons (Fsp3) is 0.519. The van der Waals surface area contributed by atoms with E-state index in [1.54, 1.807) is 26.1 Å². The van der Waals surface area contributed by atoms with Crippen LogP contribution in [0.25, 0.3) is 0 Å². The number of amides is 1. The highest BCUT2D eigenvalue weighted by Crippen LogP contribution is 2.61. The summed E-state index contributed by atoms with van der Waals surface area (Å²) in [6.07, 6.45) is 3.67. The predicted molar refractivity (Wildman–Crippen MR) is 131 cm³/mol. The Hall–Kier alpha value is -2.18. The Morgan fingerprint density at radius 2 is 1.82 bits per heavy atom. The van der Waals surface area contributed by atoms with Gasteiger partial charge in [-0.2, -0.15) is 4.31 Å². The van der Waals surface area contributed by atoms with Crippen LogP contribution in [-0.2, 0) is 16.6 Å². The highest BCUT2D eigenvalue weighted by atomic mass is 32.2. The summed E-state index contributed by atoms with van der Waals surface area (Å²) >= 11 is 0. The molecule has 0 heterocycles. The van der Waals surface area contributed by atoms with Gasteiger partial charge in [0, 0.05) is 25.7 Å². The molecule has 3 fully saturated rings. The molecule has 3 atom stereocenters. The quantitative estimate of drug-likeness (QED) is 0.627. The van der Waals surface area contributed by atoms with E-state index in [0.29, 0.717) is 34.9 Å². The van der Waals surface area contributed by atoms with Gasteiger partial charge >= 0.3 is 0 Å². The average molecular weight is 469 g/mol. The average Bonchev–Trinajstić information content (AvgIpc) is 2.79. The Balaban J connectivity index is 1.51. The van der Waals surface area contributed by atoms with Crippen molar-refractivity contribution < 1.29 is 13.2 Å². The molecule has 2 bridgehead atoms. The predicted octanol–water partition coefficient (Wildman–Crippen LogP) is 4.93. The number of benzene rings is 2. The first-order valence-corrected chi connectivity index (χ1v) is 13.4. The third-order valence-corrected chi connectivity index (χ3v) is 10.3. The van der Waals surface area contributed by atoms with Gasteiger partial charge in [-0.15, -0.1) is 0 Å². The maximum atomic E-state index is 13.4. The summed E-state index contributed by atoms with van der Waals surface area (Å²) in [5.74, 6) is 1.80. The van der Waals surface area contributed by atoms with Crippen LogP contribution < -0.4 is 5.32 Å². The zero-order valence-corrected chi connectivity index (χ0v) is 21.2. The van der Waals surface area contributed by atoms with Gasteiger partial charge < -0.3 is 5.32 Å². The SMILES string of the molecule is Cc1cc(C(=O)NCC2CC[C@@H]3C[C@@H]2C3(C)C)cc(S(=O)(=O)N(C)Cc2ccccc2)c1C. The third-order valence-electron chi connectivity index (χ3n) is 8.34. The number of aryl methyl sites for hydroxylation is 1. The molecule has 5 nitrogen and oxygen atoms in total. The molecule has 0 saturated heterocycles. The summed E-state index contributed by atoms with van der Waals surface area (Å²) in [7, 11) is -2.16. The maximum absolute atomic E-state index is 13.4. The van der Waals surface area contributed by atoms with E-state index >= 15 is 0 Å². The molecule has 6 heteroatoms. The van der Waals surface area contributed by atoms with Crippen molar-refractivity contribution in [3.05, 3.63) is 64.7 Å². The molecule has 33 heavy (non-hydrogen) atoms. The van der Waals surface area contributed by atoms with Crippen molar-refractivity contribution >= 4 is 15.9 Å². The molecule has 178 valence electrons. The molecule has 3 aliphatic rings. The van der Waals surface area contributed by atoms with Gasteiger partial charge in [0.2, 0.25) is 10.0 Å². The molecule has 3 saturated carbocycles. The molecule has 1 unspecified atom stereocenters. The second-order valence-corrected chi connectivity index (χ2v) is 12.6. The molecule has 0 aromatic heterocycles. The molecule has 0 radical (unpaired) electrons. The summed E-state index contributed by atoms with van der Waals surface area (Å²) in [6.45, 7) is 9.30. The van der Waals surface area contributed by atoms with E-state index in [4.69, 9.17) is 0 Å². The molecule has 1 N–H and O–H groups in total. The Morgan fingerprint density at radius 3 is 2.45 bits per heavy atom. The lowest BCUT2D eigenvalue weighted by molar-refractivity contribution is -0.103. The molecular formula is C27H36N2O3S. The number of fused-ring (bicyclic) bond motifs is 2. The minimum atomic E-state index is -3.75. The van der Waals surface area contributed by atoms with Gasteiger partial charge in [0.1, 0.15) is 0 Å². The number of carbonyl (C=O) groups is 1. The van der Waals surface area contributed by atoms with Crippen molar-refractivity contribution in [2.24, 2.45) is 23.2 Å². The van der Waals surface area contributed by atoms with E-state index in [-0.39, 0.29) is 17.3 Å². The van der Waals surface area contributed by atoms with Crippen LogP contribution in [0, 0.1) is 37.0 Å².